The Morgan fingerprint density at radius 1 is 1.18 bits per heavy atom. The number of amides is 1. The lowest BCUT2D eigenvalue weighted by molar-refractivity contribution is -0.140. The normalized spacial score (nSPS) is 18.9. The van der Waals surface area contributed by atoms with Crippen LogP contribution in [0.5, 0.6) is 0 Å². The molecule has 2 heterocycles. The van der Waals surface area contributed by atoms with Crippen LogP contribution in [0.15, 0.2) is 54.2 Å². The molecule has 0 saturated carbocycles. The van der Waals surface area contributed by atoms with Crippen LogP contribution in [0, 0.1) is 0 Å². The molecule has 6 nitrogen and oxygen atoms in total. The number of carbonyl (C=O) groups is 2. The highest BCUT2D eigenvalue weighted by Crippen LogP contribution is 2.38. The van der Waals surface area contributed by atoms with Crippen molar-refractivity contribution in [1.29, 1.82) is 0 Å². The van der Waals surface area contributed by atoms with E-state index in [1.807, 2.05) is 19.0 Å². The summed E-state index contributed by atoms with van der Waals surface area (Å²) in [5.74, 6) is -1.54. The standard InChI is InChI=1S/C21H22ClN3O3/c1-24(2)12-5-13-25-18(16-6-3-4-11-23-16)17(20(27)21(25)28)19(26)14-7-9-15(22)10-8-14/h3-4,6-11,18,26H,5,12-13H2,1-2H3/b19-17+/t18-/m1/s1. The van der Waals surface area contributed by atoms with Gasteiger partial charge in [-0.3, -0.25) is 14.6 Å². The second-order valence-electron chi connectivity index (χ2n) is 6.91. The van der Waals surface area contributed by atoms with Gasteiger partial charge in [0.25, 0.3) is 11.7 Å². The Morgan fingerprint density at radius 3 is 2.50 bits per heavy atom. The number of aliphatic hydroxyl groups excluding tert-OH is 1. The number of carbonyl (C=O) groups excluding carboxylic acids is 2. The number of Topliss-reactive ketones (excluding diaryl/α,β-unsaturated/α-hetero) is 1. The minimum absolute atomic E-state index is 0.0517. The molecule has 1 atom stereocenters. The number of rotatable bonds is 6. The molecule has 1 fully saturated rings. The van der Waals surface area contributed by atoms with Crippen LogP contribution >= 0.6 is 11.6 Å². The summed E-state index contributed by atoms with van der Waals surface area (Å²) in [7, 11) is 3.90. The zero-order valence-corrected chi connectivity index (χ0v) is 16.6. The van der Waals surface area contributed by atoms with E-state index in [9.17, 15) is 14.7 Å². The minimum Gasteiger partial charge on any atom is -0.507 e. The van der Waals surface area contributed by atoms with Crippen LogP contribution in [0.2, 0.25) is 5.02 Å². The molecule has 1 N–H and O–H groups in total. The summed E-state index contributed by atoms with van der Waals surface area (Å²) in [5.41, 5.74) is 1.02. The first-order chi connectivity index (χ1) is 13.4. The fraction of sp³-hybridized carbons (Fsp3) is 0.286. The molecule has 28 heavy (non-hydrogen) atoms. The molecule has 0 radical (unpaired) electrons. The van der Waals surface area contributed by atoms with Crippen LogP contribution in [0.4, 0.5) is 0 Å². The Balaban J connectivity index is 2.06. The van der Waals surface area contributed by atoms with Gasteiger partial charge in [-0.05, 0) is 63.5 Å². The number of hydrogen-bond donors (Lipinski definition) is 1. The number of ketones is 1. The van der Waals surface area contributed by atoms with Crippen LogP contribution in [0.1, 0.15) is 23.7 Å². The van der Waals surface area contributed by atoms with Gasteiger partial charge in [0.05, 0.1) is 11.3 Å². The zero-order chi connectivity index (χ0) is 20.3. The van der Waals surface area contributed by atoms with Gasteiger partial charge in [-0.15, -0.1) is 0 Å². The van der Waals surface area contributed by atoms with Gasteiger partial charge in [-0.1, -0.05) is 17.7 Å². The maximum atomic E-state index is 12.8. The number of hydrogen-bond acceptors (Lipinski definition) is 5. The van der Waals surface area contributed by atoms with Crippen molar-refractivity contribution < 1.29 is 14.7 Å². The number of aromatic nitrogens is 1. The molecule has 1 aromatic heterocycles. The molecule has 7 heteroatoms. The molecule has 0 aliphatic carbocycles. The Kier molecular flexibility index (Phi) is 6.11. The smallest absolute Gasteiger partial charge is 0.295 e. The Morgan fingerprint density at radius 2 is 1.89 bits per heavy atom. The quantitative estimate of drug-likeness (QED) is 0.459. The van der Waals surface area contributed by atoms with Crippen molar-refractivity contribution in [2.75, 3.05) is 27.2 Å². The molecular formula is C21H22ClN3O3. The number of nitrogens with zero attached hydrogens (tertiary/aromatic N) is 3. The van der Waals surface area contributed by atoms with E-state index in [0.29, 0.717) is 29.2 Å². The summed E-state index contributed by atoms with van der Waals surface area (Å²) in [6, 6.07) is 11.1. The van der Waals surface area contributed by atoms with Crippen LogP contribution < -0.4 is 0 Å². The van der Waals surface area contributed by atoms with Gasteiger partial charge in [0.2, 0.25) is 0 Å². The first-order valence-electron chi connectivity index (χ1n) is 9.00. The Bertz CT molecular complexity index is 895. The third kappa shape index (κ3) is 4.08. The first kappa shape index (κ1) is 20.0. The van der Waals surface area contributed by atoms with Crippen molar-refractivity contribution >= 4 is 29.1 Å². The van der Waals surface area contributed by atoms with E-state index in [0.717, 1.165) is 6.54 Å². The van der Waals surface area contributed by atoms with E-state index < -0.39 is 17.7 Å². The molecule has 0 unspecified atom stereocenters. The molecule has 1 amide bonds. The lowest BCUT2D eigenvalue weighted by Crippen LogP contribution is -2.32. The monoisotopic (exact) mass is 399 g/mol. The van der Waals surface area contributed by atoms with E-state index >= 15 is 0 Å². The summed E-state index contributed by atoms with van der Waals surface area (Å²) in [5, 5.41) is 11.4. The van der Waals surface area contributed by atoms with Gasteiger partial charge in [0.1, 0.15) is 11.8 Å². The van der Waals surface area contributed by atoms with Crippen molar-refractivity contribution in [3.63, 3.8) is 0 Å². The summed E-state index contributed by atoms with van der Waals surface area (Å²) < 4.78 is 0. The lowest BCUT2D eigenvalue weighted by Gasteiger charge is -2.25. The van der Waals surface area contributed by atoms with E-state index in [1.165, 1.54) is 4.90 Å². The minimum atomic E-state index is -0.723. The van der Waals surface area contributed by atoms with E-state index in [1.54, 1.807) is 48.7 Å². The zero-order valence-electron chi connectivity index (χ0n) is 15.8. The van der Waals surface area contributed by atoms with Gasteiger partial charge >= 0.3 is 0 Å². The van der Waals surface area contributed by atoms with E-state index in [-0.39, 0.29) is 11.3 Å². The third-order valence-electron chi connectivity index (χ3n) is 4.63. The fourth-order valence-electron chi connectivity index (χ4n) is 3.28. The van der Waals surface area contributed by atoms with Crippen molar-refractivity contribution in [3.05, 3.63) is 70.5 Å². The van der Waals surface area contributed by atoms with Gasteiger partial charge in [0, 0.05) is 23.3 Å². The molecule has 1 aliphatic rings. The molecule has 3 rings (SSSR count). The molecule has 0 spiro atoms. The second-order valence-corrected chi connectivity index (χ2v) is 7.35. The maximum Gasteiger partial charge on any atom is 0.295 e. The second kappa shape index (κ2) is 8.54. The van der Waals surface area contributed by atoms with Crippen LogP contribution in [0.3, 0.4) is 0 Å². The summed E-state index contributed by atoms with van der Waals surface area (Å²) in [6.07, 6.45) is 2.31. The van der Waals surface area contributed by atoms with Gasteiger partial charge in [-0.2, -0.15) is 0 Å². The van der Waals surface area contributed by atoms with Crippen molar-refractivity contribution in [3.8, 4) is 0 Å². The largest absolute Gasteiger partial charge is 0.507 e. The molecule has 2 aromatic rings. The number of halogens is 1. The number of likely N-dealkylation sites (tertiary alicyclic amines) is 1. The number of aliphatic hydroxyl groups is 1. The average Bonchev–Trinajstić information content (AvgIpc) is 2.93. The fourth-order valence-corrected chi connectivity index (χ4v) is 3.40. The van der Waals surface area contributed by atoms with Crippen molar-refractivity contribution in [1.82, 2.24) is 14.8 Å². The van der Waals surface area contributed by atoms with Crippen molar-refractivity contribution in [2.24, 2.45) is 0 Å². The maximum absolute atomic E-state index is 12.8. The summed E-state index contributed by atoms with van der Waals surface area (Å²) >= 11 is 5.92. The van der Waals surface area contributed by atoms with Crippen LogP contribution in [0.25, 0.3) is 5.76 Å². The topological polar surface area (TPSA) is 73.7 Å². The van der Waals surface area contributed by atoms with Gasteiger partial charge in [-0.25, -0.2) is 0 Å². The molecule has 1 aliphatic heterocycles. The molecule has 0 bridgehead atoms. The average molecular weight is 400 g/mol. The molecular weight excluding hydrogens is 378 g/mol. The third-order valence-corrected chi connectivity index (χ3v) is 4.88. The Hall–Kier alpha value is -2.70. The first-order valence-corrected chi connectivity index (χ1v) is 9.38. The van der Waals surface area contributed by atoms with Crippen LogP contribution in [-0.2, 0) is 9.59 Å². The highest BCUT2D eigenvalue weighted by Gasteiger charge is 2.46. The Labute approximate surface area is 169 Å². The molecule has 146 valence electrons. The number of pyridine rings is 1. The highest BCUT2D eigenvalue weighted by molar-refractivity contribution is 6.46. The van der Waals surface area contributed by atoms with Gasteiger partial charge in [0.15, 0.2) is 0 Å². The van der Waals surface area contributed by atoms with Crippen LogP contribution in [-0.4, -0.2) is 58.8 Å². The molecule has 1 aromatic carbocycles. The SMILES string of the molecule is CN(C)CCCN1C(=O)C(=O)/C(=C(/O)c2ccc(Cl)cc2)[C@H]1c1ccccn1. The van der Waals surface area contributed by atoms with Crippen molar-refractivity contribution in [2.45, 2.75) is 12.5 Å². The predicted octanol–water partition coefficient (Wildman–Crippen LogP) is 3.11. The van der Waals surface area contributed by atoms with E-state index in [4.69, 9.17) is 11.6 Å². The van der Waals surface area contributed by atoms with Gasteiger partial charge < -0.3 is 14.9 Å². The summed E-state index contributed by atoms with van der Waals surface area (Å²) in [4.78, 5) is 33.4. The highest BCUT2D eigenvalue weighted by atomic mass is 35.5. The predicted molar refractivity (Wildman–Crippen MR) is 108 cm³/mol. The van der Waals surface area contributed by atoms with E-state index in [2.05, 4.69) is 4.98 Å². The summed E-state index contributed by atoms with van der Waals surface area (Å²) in [6.45, 7) is 1.16. The molecule has 1 saturated heterocycles. The number of benzene rings is 1. The lowest BCUT2D eigenvalue weighted by atomic mass is 9.98.